The van der Waals surface area contributed by atoms with Crippen LogP contribution in [0, 0.1) is 0 Å². The summed E-state index contributed by atoms with van der Waals surface area (Å²) < 4.78 is 5.67. The van der Waals surface area contributed by atoms with Gasteiger partial charge in [0.15, 0.2) is 6.10 Å². The lowest BCUT2D eigenvalue weighted by Crippen LogP contribution is -2.38. The van der Waals surface area contributed by atoms with Crippen molar-refractivity contribution in [3.05, 3.63) is 29.3 Å². The maximum absolute atomic E-state index is 12.0. The normalized spacial score (nSPS) is 11.9. The Morgan fingerprint density at radius 2 is 2.16 bits per heavy atom. The summed E-state index contributed by atoms with van der Waals surface area (Å²) in [5, 5.41) is 3.51. The number of rotatable bonds is 8. The fourth-order valence-corrected chi connectivity index (χ4v) is 1.91. The molecule has 0 heterocycles. The molecule has 1 rings (SSSR count). The van der Waals surface area contributed by atoms with Gasteiger partial charge in [-0.2, -0.15) is 0 Å². The number of unbranched alkanes of at least 4 members (excludes halogenated alkanes) is 2. The van der Waals surface area contributed by atoms with E-state index in [0.717, 1.165) is 19.3 Å². The lowest BCUT2D eigenvalue weighted by atomic mass is 10.2. The van der Waals surface area contributed by atoms with Crippen molar-refractivity contribution in [2.24, 2.45) is 0 Å². The first-order chi connectivity index (χ1) is 9.17. The zero-order valence-electron chi connectivity index (χ0n) is 11.6. The second kappa shape index (κ2) is 8.81. The summed E-state index contributed by atoms with van der Waals surface area (Å²) in [4.78, 5) is 12.0. The van der Waals surface area contributed by atoms with Crippen LogP contribution < -0.4 is 10.1 Å². The summed E-state index contributed by atoms with van der Waals surface area (Å²) in [5.41, 5.74) is 0. The number of amides is 1. The number of hydrogen-bond donors (Lipinski definition) is 1. The maximum atomic E-state index is 12.0. The minimum absolute atomic E-state index is 0.0569. The number of halogens is 1. The number of carbonyl (C=O) groups is 1. The highest BCUT2D eigenvalue weighted by atomic mass is 35.5. The van der Waals surface area contributed by atoms with Crippen molar-refractivity contribution < 1.29 is 9.53 Å². The average molecular weight is 284 g/mol. The third-order valence-corrected chi connectivity index (χ3v) is 3.05. The van der Waals surface area contributed by atoms with Crippen LogP contribution in [-0.4, -0.2) is 18.6 Å². The predicted molar refractivity (Wildman–Crippen MR) is 78.7 cm³/mol. The van der Waals surface area contributed by atoms with E-state index in [9.17, 15) is 4.79 Å². The highest BCUT2D eigenvalue weighted by Gasteiger charge is 2.17. The Morgan fingerprint density at radius 3 is 2.79 bits per heavy atom. The summed E-state index contributed by atoms with van der Waals surface area (Å²) in [5.74, 6) is 0.571. The second-order valence-corrected chi connectivity index (χ2v) is 4.91. The van der Waals surface area contributed by atoms with Crippen LogP contribution in [-0.2, 0) is 4.79 Å². The second-order valence-electron chi connectivity index (χ2n) is 4.47. The van der Waals surface area contributed by atoms with Crippen molar-refractivity contribution in [3.8, 4) is 5.75 Å². The Labute approximate surface area is 120 Å². The molecule has 3 nitrogen and oxygen atoms in total. The topological polar surface area (TPSA) is 38.3 Å². The molecule has 0 saturated heterocycles. The van der Waals surface area contributed by atoms with Gasteiger partial charge in [-0.1, -0.05) is 44.4 Å². The molecule has 1 amide bonds. The molecule has 0 unspecified atom stereocenters. The lowest BCUT2D eigenvalue weighted by Gasteiger charge is -2.17. The minimum atomic E-state index is -0.458. The molecule has 1 aromatic carbocycles. The molecule has 19 heavy (non-hydrogen) atoms. The first-order valence-corrected chi connectivity index (χ1v) is 7.25. The van der Waals surface area contributed by atoms with Gasteiger partial charge >= 0.3 is 0 Å². The molecule has 0 aromatic heterocycles. The van der Waals surface area contributed by atoms with Crippen LogP contribution in [0.4, 0.5) is 0 Å². The van der Waals surface area contributed by atoms with Crippen LogP contribution >= 0.6 is 11.6 Å². The number of benzene rings is 1. The van der Waals surface area contributed by atoms with Gasteiger partial charge in [0.05, 0.1) is 0 Å². The van der Waals surface area contributed by atoms with Gasteiger partial charge in [-0.05, 0) is 31.0 Å². The standard InChI is InChI=1S/C15H22ClNO2/c1-3-5-6-10-17-15(18)14(4-2)19-13-9-7-8-12(16)11-13/h7-9,11,14H,3-6,10H2,1-2H3,(H,17,18)/t14-/m1/s1. The fraction of sp³-hybridized carbons (Fsp3) is 0.533. The molecule has 0 saturated carbocycles. The van der Waals surface area contributed by atoms with Gasteiger partial charge in [0.2, 0.25) is 0 Å². The van der Waals surface area contributed by atoms with Crippen LogP contribution in [0.1, 0.15) is 39.5 Å². The Bertz CT molecular complexity index is 395. The molecule has 106 valence electrons. The van der Waals surface area contributed by atoms with Gasteiger partial charge < -0.3 is 10.1 Å². The molecule has 0 bridgehead atoms. The molecule has 0 aliphatic heterocycles. The van der Waals surface area contributed by atoms with Gasteiger partial charge in [-0.3, -0.25) is 4.79 Å². The predicted octanol–water partition coefficient (Wildman–Crippen LogP) is 3.80. The van der Waals surface area contributed by atoms with Gasteiger partial charge in [-0.25, -0.2) is 0 Å². The molecule has 0 spiro atoms. The fourth-order valence-electron chi connectivity index (χ4n) is 1.73. The van der Waals surface area contributed by atoms with E-state index in [4.69, 9.17) is 16.3 Å². The molecule has 0 radical (unpaired) electrons. The van der Waals surface area contributed by atoms with Crippen molar-refractivity contribution >= 4 is 17.5 Å². The van der Waals surface area contributed by atoms with E-state index >= 15 is 0 Å². The third kappa shape index (κ3) is 5.97. The van der Waals surface area contributed by atoms with Gasteiger partial charge in [-0.15, -0.1) is 0 Å². The maximum Gasteiger partial charge on any atom is 0.261 e. The van der Waals surface area contributed by atoms with Crippen molar-refractivity contribution in [2.75, 3.05) is 6.54 Å². The van der Waals surface area contributed by atoms with Crippen LogP contribution in [0.2, 0.25) is 5.02 Å². The van der Waals surface area contributed by atoms with E-state index < -0.39 is 6.10 Å². The number of carbonyl (C=O) groups excluding carboxylic acids is 1. The van der Waals surface area contributed by atoms with Crippen molar-refractivity contribution in [1.82, 2.24) is 5.32 Å². The highest BCUT2D eigenvalue weighted by Crippen LogP contribution is 2.19. The highest BCUT2D eigenvalue weighted by molar-refractivity contribution is 6.30. The third-order valence-electron chi connectivity index (χ3n) is 2.82. The van der Waals surface area contributed by atoms with Crippen LogP contribution in [0.25, 0.3) is 0 Å². The zero-order chi connectivity index (χ0) is 14.1. The summed E-state index contributed by atoms with van der Waals surface area (Å²) >= 11 is 5.89. The van der Waals surface area contributed by atoms with Crippen LogP contribution in [0.15, 0.2) is 24.3 Å². The first-order valence-electron chi connectivity index (χ1n) is 6.87. The Hall–Kier alpha value is -1.22. The summed E-state index contributed by atoms with van der Waals surface area (Å²) in [7, 11) is 0. The SMILES string of the molecule is CCCCCNC(=O)[C@@H](CC)Oc1cccc(Cl)c1. The molecule has 1 atom stereocenters. The minimum Gasteiger partial charge on any atom is -0.481 e. The van der Waals surface area contributed by atoms with Crippen molar-refractivity contribution in [3.63, 3.8) is 0 Å². The lowest BCUT2D eigenvalue weighted by molar-refractivity contribution is -0.128. The molecular weight excluding hydrogens is 262 g/mol. The van der Waals surface area contributed by atoms with E-state index in [0.29, 0.717) is 23.7 Å². The summed E-state index contributed by atoms with van der Waals surface area (Å²) in [6, 6.07) is 7.11. The monoisotopic (exact) mass is 283 g/mol. The van der Waals surface area contributed by atoms with E-state index in [-0.39, 0.29) is 5.91 Å². The largest absolute Gasteiger partial charge is 0.481 e. The summed E-state index contributed by atoms with van der Waals surface area (Å²) in [6.07, 6.45) is 3.46. The van der Waals surface area contributed by atoms with E-state index in [1.54, 1.807) is 18.2 Å². The smallest absolute Gasteiger partial charge is 0.261 e. The van der Waals surface area contributed by atoms with E-state index in [2.05, 4.69) is 12.2 Å². The van der Waals surface area contributed by atoms with Crippen LogP contribution in [0.5, 0.6) is 5.75 Å². The molecule has 1 N–H and O–H groups in total. The number of ether oxygens (including phenoxy) is 1. The number of hydrogen-bond acceptors (Lipinski definition) is 2. The quantitative estimate of drug-likeness (QED) is 0.737. The average Bonchev–Trinajstić information content (AvgIpc) is 2.41. The van der Waals surface area contributed by atoms with E-state index in [1.807, 2.05) is 13.0 Å². The molecule has 0 fully saturated rings. The van der Waals surface area contributed by atoms with Gasteiger partial charge in [0, 0.05) is 11.6 Å². The Kier molecular flexibility index (Phi) is 7.34. The molecular formula is C15H22ClNO2. The number of nitrogens with one attached hydrogen (secondary N) is 1. The molecule has 1 aromatic rings. The van der Waals surface area contributed by atoms with Crippen molar-refractivity contribution in [2.45, 2.75) is 45.6 Å². The molecule has 0 aliphatic rings. The van der Waals surface area contributed by atoms with Gasteiger partial charge in [0.1, 0.15) is 5.75 Å². The van der Waals surface area contributed by atoms with E-state index in [1.165, 1.54) is 0 Å². The van der Waals surface area contributed by atoms with Gasteiger partial charge in [0.25, 0.3) is 5.91 Å². The first kappa shape index (κ1) is 15.8. The zero-order valence-corrected chi connectivity index (χ0v) is 12.4. The Balaban J connectivity index is 2.46. The molecule has 0 aliphatic carbocycles. The summed E-state index contributed by atoms with van der Waals surface area (Å²) in [6.45, 7) is 4.78. The van der Waals surface area contributed by atoms with Crippen LogP contribution in [0.3, 0.4) is 0 Å². The van der Waals surface area contributed by atoms with Crippen molar-refractivity contribution in [1.29, 1.82) is 0 Å². The Morgan fingerprint density at radius 1 is 1.37 bits per heavy atom. The molecule has 4 heteroatoms.